The molecule has 0 fully saturated rings. The van der Waals surface area contributed by atoms with Crippen molar-refractivity contribution in [1.29, 1.82) is 0 Å². The summed E-state index contributed by atoms with van der Waals surface area (Å²) in [6.07, 6.45) is 0. The second-order valence-corrected chi connectivity index (χ2v) is 3.61. The van der Waals surface area contributed by atoms with Crippen molar-refractivity contribution >= 4 is 17.8 Å². The van der Waals surface area contributed by atoms with Crippen molar-refractivity contribution in [3.8, 4) is 0 Å². The lowest BCUT2D eigenvalue weighted by molar-refractivity contribution is -0.126. The third kappa shape index (κ3) is 7.73. The van der Waals surface area contributed by atoms with Crippen LogP contribution < -0.4 is 0 Å². The minimum Gasteiger partial charge on any atom is -0.471 e. The minimum atomic E-state index is 0.375. The van der Waals surface area contributed by atoms with Crippen LogP contribution in [0.4, 0.5) is 0 Å². The smallest absolute Gasteiger partial charge is 0.292 e. The quantitative estimate of drug-likeness (QED) is 0.679. The lowest BCUT2D eigenvalue weighted by Gasteiger charge is -1.77. The van der Waals surface area contributed by atoms with Crippen LogP contribution in [0.1, 0.15) is 29.4 Å². The van der Waals surface area contributed by atoms with Gasteiger partial charge in [-0.15, -0.1) is 11.3 Å². The molecule has 0 N–H and O–H groups in total. The highest BCUT2D eigenvalue weighted by Gasteiger charge is 1.95. The van der Waals surface area contributed by atoms with Crippen LogP contribution in [-0.4, -0.2) is 18.6 Å². The van der Waals surface area contributed by atoms with Crippen LogP contribution in [0.2, 0.25) is 0 Å². The molecule has 0 aromatic carbocycles. The lowest BCUT2D eigenvalue weighted by Crippen LogP contribution is -1.71. The number of aromatic nitrogens is 1. The molecule has 0 aliphatic carbocycles. The number of hydrogen-bond acceptors (Lipinski definition) is 4. The molecule has 14 heavy (non-hydrogen) atoms. The molecule has 0 unspecified atom stereocenters. The molecule has 0 atom stereocenters. The highest BCUT2D eigenvalue weighted by atomic mass is 32.1. The van der Waals surface area contributed by atoms with E-state index in [4.69, 9.17) is 4.79 Å². The average Bonchev–Trinajstić information content (AvgIpc) is 2.48. The van der Waals surface area contributed by atoms with Gasteiger partial charge in [-0.3, -0.25) is 4.79 Å². The Bertz CT molecular complexity index is 227. The summed E-state index contributed by atoms with van der Waals surface area (Å²) in [5.41, 5.74) is 1.17. The molecule has 0 amide bonds. The number of rotatable bonds is 1. The molecule has 1 aromatic rings. The molecule has 0 bridgehead atoms. The fourth-order valence-electron chi connectivity index (χ4n) is 0.633. The van der Waals surface area contributed by atoms with Gasteiger partial charge in [0.15, 0.2) is 0 Å². The number of methoxy groups -OCH3 is 1. The Balaban J connectivity index is 0. The Kier molecular flexibility index (Phi) is 11.3. The normalized spacial score (nSPS) is 7.57. The van der Waals surface area contributed by atoms with E-state index in [0.29, 0.717) is 6.47 Å². The van der Waals surface area contributed by atoms with Gasteiger partial charge in [-0.05, 0) is 20.8 Å². The first kappa shape index (κ1) is 15.6. The molecule has 82 valence electrons. The number of ether oxygens (including phenoxy) is 1. The molecule has 0 aliphatic rings. The summed E-state index contributed by atoms with van der Waals surface area (Å²) in [6, 6.07) is 0. The van der Waals surface area contributed by atoms with E-state index in [2.05, 4.69) is 16.6 Å². The standard InChI is InChI=1S/C6H9NS.C2H4O2.C2H6/c1-4-5(2)8-6(3)7-4;1-4-2-3;1-2/h1-3H3;2H,1H3;1-2H3. The van der Waals surface area contributed by atoms with Crippen LogP contribution in [0, 0.1) is 20.8 Å². The van der Waals surface area contributed by atoms with Crippen molar-refractivity contribution in [2.24, 2.45) is 0 Å². The first-order valence-electron chi connectivity index (χ1n) is 4.49. The number of hydrogen-bond donors (Lipinski definition) is 0. The number of carbonyl (C=O) groups is 1. The zero-order chi connectivity index (χ0) is 11.6. The van der Waals surface area contributed by atoms with Crippen molar-refractivity contribution < 1.29 is 9.53 Å². The average molecular weight is 217 g/mol. The van der Waals surface area contributed by atoms with Crippen LogP contribution in [0.15, 0.2) is 0 Å². The fourth-order valence-corrected chi connectivity index (χ4v) is 1.45. The topological polar surface area (TPSA) is 39.2 Å². The largest absolute Gasteiger partial charge is 0.471 e. The van der Waals surface area contributed by atoms with Crippen molar-refractivity contribution in [2.45, 2.75) is 34.6 Å². The maximum atomic E-state index is 8.95. The van der Waals surface area contributed by atoms with E-state index in [1.54, 1.807) is 11.3 Å². The summed E-state index contributed by atoms with van der Waals surface area (Å²) in [7, 11) is 1.31. The van der Waals surface area contributed by atoms with Crippen molar-refractivity contribution in [3.63, 3.8) is 0 Å². The van der Waals surface area contributed by atoms with Crippen LogP contribution in [0.5, 0.6) is 0 Å². The second-order valence-electron chi connectivity index (χ2n) is 2.21. The van der Waals surface area contributed by atoms with E-state index >= 15 is 0 Å². The van der Waals surface area contributed by atoms with Gasteiger partial charge in [0, 0.05) is 4.88 Å². The summed E-state index contributed by atoms with van der Waals surface area (Å²) in [6.45, 7) is 10.5. The Morgan fingerprint density at radius 1 is 1.29 bits per heavy atom. The van der Waals surface area contributed by atoms with E-state index in [-0.39, 0.29) is 0 Å². The predicted molar refractivity (Wildman–Crippen MR) is 60.7 cm³/mol. The molecule has 0 saturated heterocycles. The molecular weight excluding hydrogens is 198 g/mol. The van der Waals surface area contributed by atoms with E-state index in [1.807, 2.05) is 27.7 Å². The second kappa shape index (κ2) is 10.2. The molecular formula is C10H19NO2S. The SMILES string of the molecule is CC.COC=O.Cc1nc(C)c(C)s1. The molecule has 1 aromatic heterocycles. The molecule has 1 rings (SSSR count). The van der Waals surface area contributed by atoms with Crippen molar-refractivity contribution in [1.82, 2.24) is 4.98 Å². The molecule has 0 spiro atoms. The van der Waals surface area contributed by atoms with Gasteiger partial charge in [0.05, 0.1) is 17.8 Å². The van der Waals surface area contributed by atoms with Crippen molar-refractivity contribution in [2.75, 3.05) is 7.11 Å². The third-order valence-electron chi connectivity index (χ3n) is 1.23. The Morgan fingerprint density at radius 2 is 1.71 bits per heavy atom. The van der Waals surface area contributed by atoms with Gasteiger partial charge in [-0.2, -0.15) is 0 Å². The molecule has 0 aliphatic heterocycles. The highest BCUT2D eigenvalue weighted by molar-refractivity contribution is 7.11. The maximum Gasteiger partial charge on any atom is 0.292 e. The van der Waals surface area contributed by atoms with Gasteiger partial charge in [0.1, 0.15) is 0 Å². The minimum absolute atomic E-state index is 0.375. The zero-order valence-corrected chi connectivity index (χ0v) is 10.6. The Morgan fingerprint density at radius 3 is 1.79 bits per heavy atom. The van der Waals surface area contributed by atoms with Gasteiger partial charge < -0.3 is 4.74 Å². The van der Waals surface area contributed by atoms with Gasteiger partial charge in [0.25, 0.3) is 6.47 Å². The van der Waals surface area contributed by atoms with E-state index < -0.39 is 0 Å². The molecule has 0 saturated carbocycles. The predicted octanol–water partition coefficient (Wildman–Crippen LogP) is 2.88. The zero-order valence-electron chi connectivity index (χ0n) is 9.75. The number of carbonyl (C=O) groups excluding carboxylic acids is 1. The number of nitrogens with zero attached hydrogens (tertiary/aromatic N) is 1. The molecule has 1 heterocycles. The lowest BCUT2D eigenvalue weighted by atomic mass is 10.4. The summed E-state index contributed by atoms with van der Waals surface area (Å²) in [5.74, 6) is 0. The monoisotopic (exact) mass is 217 g/mol. The van der Waals surface area contributed by atoms with Gasteiger partial charge in [-0.25, -0.2) is 4.98 Å². The van der Waals surface area contributed by atoms with E-state index in [9.17, 15) is 0 Å². The Hall–Kier alpha value is -0.900. The maximum absolute atomic E-state index is 8.95. The number of thiazole rings is 1. The third-order valence-corrected chi connectivity index (χ3v) is 2.22. The molecule has 4 heteroatoms. The van der Waals surface area contributed by atoms with Crippen LogP contribution in [0.25, 0.3) is 0 Å². The molecule has 3 nitrogen and oxygen atoms in total. The van der Waals surface area contributed by atoms with Crippen molar-refractivity contribution in [3.05, 3.63) is 15.6 Å². The van der Waals surface area contributed by atoms with Crippen LogP contribution in [-0.2, 0) is 9.53 Å². The fraction of sp³-hybridized carbons (Fsp3) is 0.600. The summed E-state index contributed by atoms with van der Waals surface area (Å²) in [4.78, 5) is 14.5. The van der Waals surface area contributed by atoms with Gasteiger partial charge in [0.2, 0.25) is 0 Å². The van der Waals surface area contributed by atoms with E-state index in [1.165, 1.54) is 22.7 Å². The molecule has 0 radical (unpaired) electrons. The summed E-state index contributed by atoms with van der Waals surface area (Å²) >= 11 is 1.76. The van der Waals surface area contributed by atoms with Crippen LogP contribution in [0.3, 0.4) is 0 Å². The first-order valence-corrected chi connectivity index (χ1v) is 5.30. The highest BCUT2D eigenvalue weighted by Crippen LogP contribution is 2.14. The summed E-state index contributed by atoms with van der Waals surface area (Å²) < 4.78 is 3.86. The number of aryl methyl sites for hydroxylation is 3. The Labute approximate surface area is 90.1 Å². The van der Waals surface area contributed by atoms with Gasteiger partial charge >= 0.3 is 0 Å². The van der Waals surface area contributed by atoms with Crippen LogP contribution >= 0.6 is 11.3 Å². The van der Waals surface area contributed by atoms with Gasteiger partial charge in [-0.1, -0.05) is 13.8 Å². The van der Waals surface area contributed by atoms with E-state index in [0.717, 1.165) is 0 Å². The summed E-state index contributed by atoms with van der Waals surface area (Å²) in [5, 5.41) is 1.17. The first-order chi connectivity index (χ1) is 6.61.